The minimum absolute atomic E-state index is 0.0419. The molecule has 0 radical (unpaired) electrons. The fraction of sp³-hybridized carbons (Fsp3) is 0.524. The van der Waals surface area contributed by atoms with E-state index in [2.05, 4.69) is 22.2 Å². The maximum Gasteiger partial charge on any atom is 0.276 e. The van der Waals surface area contributed by atoms with Crippen molar-refractivity contribution in [2.75, 3.05) is 39.8 Å². The lowest BCUT2D eigenvalue weighted by Crippen LogP contribution is -2.43. The maximum atomic E-state index is 12.5. The van der Waals surface area contributed by atoms with Crippen LogP contribution in [0.15, 0.2) is 41.1 Å². The summed E-state index contributed by atoms with van der Waals surface area (Å²) in [5.41, 5.74) is 1.69. The molecule has 1 aromatic carbocycles. The van der Waals surface area contributed by atoms with E-state index in [0.717, 1.165) is 44.8 Å². The second-order valence-electron chi connectivity index (χ2n) is 7.14. The predicted molar refractivity (Wildman–Crippen MR) is 104 cm³/mol. The van der Waals surface area contributed by atoms with Crippen LogP contribution in [0.2, 0.25) is 0 Å². The van der Waals surface area contributed by atoms with Crippen molar-refractivity contribution in [1.82, 2.24) is 15.0 Å². The Labute approximate surface area is 161 Å². The summed E-state index contributed by atoms with van der Waals surface area (Å²) in [6.07, 6.45) is 4.80. The van der Waals surface area contributed by atoms with Gasteiger partial charge in [0, 0.05) is 32.2 Å². The van der Waals surface area contributed by atoms with Crippen molar-refractivity contribution in [3.8, 4) is 5.75 Å². The number of aromatic nitrogens is 1. The van der Waals surface area contributed by atoms with E-state index in [1.807, 2.05) is 24.0 Å². The Bertz CT molecular complexity index is 717. The van der Waals surface area contributed by atoms with Gasteiger partial charge in [0.25, 0.3) is 5.91 Å². The molecule has 6 heteroatoms. The third-order valence-electron chi connectivity index (χ3n) is 5.26. The number of likely N-dealkylation sites (tertiary alicyclic amines) is 1. The number of carbonyl (C=O) groups is 1. The summed E-state index contributed by atoms with van der Waals surface area (Å²) < 4.78 is 10.1. The molecular formula is C21H29N3O3. The lowest BCUT2D eigenvalue weighted by atomic mass is 9.96. The minimum atomic E-state index is -0.0419. The molecule has 0 spiro atoms. The Morgan fingerprint density at radius 2 is 2.30 bits per heavy atom. The van der Waals surface area contributed by atoms with Crippen LogP contribution in [0.1, 0.15) is 35.8 Å². The Kier molecular flexibility index (Phi) is 6.87. The number of rotatable bonds is 8. The molecule has 1 aliphatic rings. The van der Waals surface area contributed by atoms with Crippen LogP contribution in [-0.4, -0.2) is 60.7 Å². The molecule has 146 valence electrons. The van der Waals surface area contributed by atoms with Gasteiger partial charge in [-0.05, 0) is 56.3 Å². The summed E-state index contributed by atoms with van der Waals surface area (Å²) in [7, 11) is 1.70. The second-order valence-corrected chi connectivity index (χ2v) is 7.14. The molecule has 0 N–H and O–H groups in total. The first-order valence-corrected chi connectivity index (χ1v) is 9.74. The predicted octanol–water partition coefficient (Wildman–Crippen LogP) is 3.10. The summed E-state index contributed by atoms with van der Waals surface area (Å²) in [5, 5.41) is 3.78. The van der Waals surface area contributed by atoms with Crippen molar-refractivity contribution in [2.24, 2.45) is 5.92 Å². The van der Waals surface area contributed by atoms with E-state index in [0.29, 0.717) is 18.2 Å². The van der Waals surface area contributed by atoms with Crippen molar-refractivity contribution in [3.63, 3.8) is 0 Å². The first-order valence-electron chi connectivity index (χ1n) is 9.74. The molecule has 6 nitrogen and oxygen atoms in total. The zero-order valence-electron chi connectivity index (χ0n) is 16.3. The second kappa shape index (κ2) is 9.55. The molecule has 3 rings (SSSR count). The maximum absolute atomic E-state index is 12.5. The lowest BCUT2D eigenvalue weighted by Gasteiger charge is -2.35. The van der Waals surface area contributed by atoms with Gasteiger partial charge in [-0.15, -0.1) is 0 Å². The first kappa shape index (κ1) is 19.4. The van der Waals surface area contributed by atoms with Gasteiger partial charge in [-0.2, -0.15) is 0 Å². The van der Waals surface area contributed by atoms with Gasteiger partial charge in [0.05, 0.1) is 7.11 Å². The molecular weight excluding hydrogens is 342 g/mol. The SMILES string of the molecule is CCN(C[C@H]1CCCN(CCc2cccc(OC)c2)C1)C(=O)c1ccon1. The largest absolute Gasteiger partial charge is 0.497 e. The molecule has 1 aliphatic heterocycles. The van der Waals surface area contributed by atoms with Crippen molar-refractivity contribution < 1.29 is 14.1 Å². The summed E-state index contributed by atoms with van der Waals surface area (Å²) >= 11 is 0. The minimum Gasteiger partial charge on any atom is -0.497 e. The highest BCUT2D eigenvalue weighted by molar-refractivity contribution is 5.92. The van der Waals surface area contributed by atoms with Crippen LogP contribution in [0, 0.1) is 5.92 Å². The van der Waals surface area contributed by atoms with Gasteiger partial charge in [-0.3, -0.25) is 4.79 Å². The highest BCUT2D eigenvalue weighted by Gasteiger charge is 2.25. The highest BCUT2D eigenvalue weighted by Crippen LogP contribution is 2.20. The van der Waals surface area contributed by atoms with Gasteiger partial charge in [-0.1, -0.05) is 17.3 Å². The van der Waals surface area contributed by atoms with Crippen molar-refractivity contribution in [1.29, 1.82) is 0 Å². The smallest absolute Gasteiger partial charge is 0.276 e. The van der Waals surface area contributed by atoms with E-state index in [1.54, 1.807) is 13.2 Å². The fourth-order valence-corrected chi connectivity index (χ4v) is 3.77. The van der Waals surface area contributed by atoms with Gasteiger partial charge >= 0.3 is 0 Å². The van der Waals surface area contributed by atoms with E-state index >= 15 is 0 Å². The van der Waals surface area contributed by atoms with Crippen molar-refractivity contribution >= 4 is 5.91 Å². The van der Waals surface area contributed by atoms with Crippen LogP contribution in [0.4, 0.5) is 0 Å². The van der Waals surface area contributed by atoms with Crippen LogP contribution in [0.3, 0.4) is 0 Å². The van der Waals surface area contributed by atoms with E-state index in [1.165, 1.54) is 18.2 Å². The summed E-state index contributed by atoms with van der Waals surface area (Å²) in [4.78, 5) is 16.9. The van der Waals surface area contributed by atoms with Gasteiger partial charge in [0.2, 0.25) is 0 Å². The van der Waals surface area contributed by atoms with E-state index in [-0.39, 0.29) is 5.91 Å². The molecule has 1 atom stereocenters. The van der Waals surface area contributed by atoms with Crippen LogP contribution in [0.5, 0.6) is 5.75 Å². The number of hydrogen-bond donors (Lipinski definition) is 0. The zero-order valence-corrected chi connectivity index (χ0v) is 16.3. The third kappa shape index (κ3) is 5.32. The third-order valence-corrected chi connectivity index (χ3v) is 5.26. The number of ether oxygens (including phenoxy) is 1. The molecule has 1 fully saturated rings. The molecule has 27 heavy (non-hydrogen) atoms. The number of hydrogen-bond acceptors (Lipinski definition) is 5. The van der Waals surface area contributed by atoms with Crippen LogP contribution < -0.4 is 4.74 Å². The molecule has 2 aromatic rings. The van der Waals surface area contributed by atoms with Crippen molar-refractivity contribution in [2.45, 2.75) is 26.2 Å². The average Bonchev–Trinajstić information content (AvgIpc) is 3.25. The first-order chi connectivity index (χ1) is 13.2. The van der Waals surface area contributed by atoms with Gasteiger partial charge in [-0.25, -0.2) is 0 Å². The van der Waals surface area contributed by atoms with E-state index in [9.17, 15) is 4.79 Å². The monoisotopic (exact) mass is 371 g/mol. The van der Waals surface area contributed by atoms with Crippen LogP contribution >= 0.6 is 0 Å². The van der Waals surface area contributed by atoms with Crippen LogP contribution in [0.25, 0.3) is 0 Å². The molecule has 0 bridgehead atoms. The molecule has 1 amide bonds. The standard InChI is InChI=1S/C21H29N3O3/c1-3-24(21(25)20-10-13-27-22-20)16-18-7-5-11-23(15-18)12-9-17-6-4-8-19(14-17)26-2/h4,6,8,10,13-14,18H,3,5,7,9,11-12,15-16H2,1-2H3/t18-/m0/s1. The number of amides is 1. The van der Waals surface area contributed by atoms with Crippen molar-refractivity contribution in [3.05, 3.63) is 47.9 Å². The van der Waals surface area contributed by atoms with E-state index < -0.39 is 0 Å². The highest BCUT2D eigenvalue weighted by atomic mass is 16.5. The Morgan fingerprint density at radius 1 is 1.41 bits per heavy atom. The molecule has 0 aliphatic carbocycles. The zero-order chi connectivity index (χ0) is 19.1. The number of piperidine rings is 1. The van der Waals surface area contributed by atoms with Gasteiger partial charge < -0.3 is 19.1 Å². The number of benzene rings is 1. The fourth-order valence-electron chi connectivity index (χ4n) is 3.77. The molecule has 0 saturated carbocycles. The Hall–Kier alpha value is -2.34. The Morgan fingerprint density at radius 3 is 3.04 bits per heavy atom. The summed E-state index contributed by atoms with van der Waals surface area (Å²) in [5.74, 6) is 1.37. The lowest BCUT2D eigenvalue weighted by molar-refractivity contribution is 0.0680. The van der Waals surface area contributed by atoms with Gasteiger partial charge in [0.15, 0.2) is 5.69 Å². The quantitative estimate of drug-likeness (QED) is 0.714. The number of carbonyl (C=O) groups excluding carboxylic acids is 1. The normalized spacial score (nSPS) is 17.6. The number of methoxy groups -OCH3 is 1. The topological polar surface area (TPSA) is 58.8 Å². The molecule has 1 saturated heterocycles. The Balaban J connectivity index is 1.51. The molecule has 2 heterocycles. The van der Waals surface area contributed by atoms with Crippen LogP contribution in [-0.2, 0) is 6.42 Å². The summed E-state index contributed by atoms with van der Waals surface area (Å²) in [6, 6.07) is 9.91. The van der Waals surface area contributed by atoms with Gasteiger partial charge in [0.1, 0.15) is 12.0 Å². The molecule has 0 unspecified atom stereocenters. The van der Waals surface area contributed by atoms with E-state index in [4.69, 9.17) is 9.26 Å². The number of nitrogens with zero attached hydrogens (tertiary/aromatic N) is 3. The average molecular weight is 371 g/mol. The summed E-state index contributed by atoms with van der Waals surface area (Å²) in [6.45, 7) is 6.68. The molecule has 1 aromatic heterocycles.